The van der Waals surface area contributed by atoms with E-state index in [0.717, 1.165) is 6.07 Å². The smallest absolute Gasteiger partial charge is 0.416 e. The van der Waals surface area contributed by atoms with E-state index in [0.29, 0.717) is 12.1 Å². The van der Waals surface area contributed by atoms with Crippen molar-refractivity contribution in [3.63, 3.8) is 0 Å². The fourth-order valence-electron chi connectivity index (χ4n) is 3.33. The third kappa shape index (κ3) is 3.92. The molecule has 32 heavy (non-hydrogen) atoms. The summed E-state index contributed by atoms with van der Waals surface area (Å²) in [5.41, 5.74) is 4.53. The van der Waals surface area contributed by atoms with Crippen molar-refractivity contribution >= 4 is 17.0 Å². The largest absolute Gasteiger partial charge is 0.424 e. The molecule has 0 aliphatic carbocycles. The van der Waals surface area contributed by atoms with Crippen LogP contribution in [0.3, 0.4) is 0 Å². The summed E-state index contributed by atoms with van der Waals surface area (Å²) >= 11 is 0. The van der Waals surface area contributed by atoms with E-state index in [4.69, 9.17) is 15.2 Å². The van der Waals surface area contributed by atoms with Gasteiger partial charge in [0.05, 0.1) is 18.5 Å². The lowest BCUT2D eigenvalue weighted by Gasteiger charge is -2.17. The summed E-state index contributed by atoms with van der Waals surface area (Å²) in [6, 6.07) is 1.91. The number of nitrogens with two attached hydrogens (primary N) is 1. The highest BCUT2D eigenvalue weighted by molar-refractivity contribution is 5.82. The molecule has 4 rings (SSSR count). The summed E-state index contributed by atoms with van der Waals surface area (Å²) in [6.07, 6.45) is -8.62. The number of alkyl halides is 4. The van der Waals surface area contributed by atoms with Gasteiger partial charge in [-0.3, -0.25) is 4.57 Å². The standard InChI is InChI=1S/C18H17F4N5O5/c19-4-7-1-8(18(20,21)22)3-9(2-7)31-17-25-14(23)11-15(26-17)27(6-24-11)16-13(30)12(29)10(5-28)32-16/h1-3,6,10,12-13,16,28-30H,4-5H2,(H2,23,25,26)/t10-,12-,13-,16-/m1/s1. The number of fused-ring (bicyclic) bond motifs is 1. The number of nitrogen functional groups attached to an aromatic ring is 1. The Morgan fingerprint density at radius 3 is 2.53 bits per heavy atom. The number of aromatic nitrogens is 4. The van der Waals surface area contributed by atoms with Crippen LogP contribution in [0.1, 0.15) is 17.4 Å². The highest BCUT2D eigenvalue weighted by Crippen LogP contribution is 2.35. The molecule has 14 heteroatoms. The van der Waals surface area contributed by atoms with Gasteiger partial charge in [0.1, 0.15) is 30.7 Å². The molecule has 0 spiro atoms. The summed E-state index contributed by atoms with van der Waals surface area (Å²) in [4.78, 5) is 11.9. The molecule has 0 bridgehead atoms. The van der Waals surface area contributed by atoms with Crippen molar-refractivity contribution in [3.05, 3.63) is 35.7 Å². The van der Waals surface area contributed by atoms with E-state index in [1.807, 2.05) is 0 Å². The maximum atomic E-state index is 13.1. The maximum Gasteiger partial charge on any atom is 0.416 e. The Morgan fingerprint density at radius 2 is 1.91 bits per heavy atom. The lowest BCUT2D eigenvalue weighted by atomic mass is 10.1. The molecule has 3 heterocycles. The third-order valence-electron chi connectivity index (χ3n) is 4.88. The molecule has 0 unspecified atom stereocenters. The Labute approximate surface area is 176 Å². The molecule has 5 N–H and O–H groups in total. The molecule has 172 valence electrons. The van der Waals surface area contributed by atoms with Gasteiger partial charge in [-0.2, -0.15) is 23.1 Å². The number of nitrogens with zero attached hydrogens (tertiary/aromatic N) is 4. The predicted octanol–water partition coefficient (Wildman–Crippen LogP) is 1.30. The monoisotopic (exact) mass is 459 g/mol. The van der Waals surface area contributed by atoms with Gasteiger partial charge in [-0.15, -0.1) is 0 Å². The molecule has 0 saturated carbocycles. The Morgan fingerprint density at radius 1 is 1.16 bits per heavy atom. The molecule has 4 atom stereocenters. The minimum atomic E-state index is -4.73. The van der Waals surface area contributed by atoms with Crippen molar-refractivity contribution in [2.75, 3.05) is 12.3 Å². The van der Waals surface area contributed by atoms with Crippen molar-refractivity contribution in [1.29, 1.82) is 0 Å². The first-order valence-corrected chi connectivity index (χ1v) is 9.20. The van der Waals surface area contributed by atoms with Crippen LogP contribution in [-0.2, 0) is 17.6 Å². The molecular formula is C18H17F4N5O5. The Balaban J connectivity index is 1.72. The summed E-state index contributed by atoms with van der Waals surface area (Å²) in [5, 5.41) is 29.5. The minimum absolute atomic E-state index is 0.0139. The second-order valence-electron chi connectivity index (χ2n) is 7.04. The van der Waals surface area contributed by atoms with E-state index in [1.54, 1.807) is 0 Å². The van der Waals surface area contributed by atoms with E-state index in [-0.39, 0.29) is 28.3 Å². The summed E-state index contributed by atoms with van der Waals surface area (Å²) in [6.45, 7) is -1.71. The average molecular weight is 459 g/mol. The number of halogens is 4. The summed E-state index contributed by atoms with van der Waals surface area (Å²) in [5.74, 6) is -0.557. The highest BCUT2D eigenvalue weighted by atomic mass is 19.4. The van der Waals surface area contributed by atoms with Crippen molar-refractivity contribution in [2.24, 2.45) is 0 Å². The van der Waals surface area contributed by atoms with Gasteiger partial charge < -0.3 is 30.5 Å². The number of hydrogen-bond donors (Lipinski definition) is 4. The molecule has 1 fully saturated rings. The summed E-state index contributed by atoms with van der Waals surface area (Å²) in [7, 11) is 0. The number of aliphatic hydroxyl groups is 3. The number of benzene rings is 1. The normalized spacial score (nSPS) is 23.7. The van der Waals surface area contributed by atoms with Gasteiger partial charge in [-0.05, 0) is 23.8 Å². The molecule has 0 amide bonds. The number of anilines is 1. The third-order valence-corrected chi connectivity index (χ3v) is 4.88. The molecule has 1 aliphatic heterocycles. The molecule has 0 radical (unpaired) electrons. The number of imidazole rings is 1. The summed E-state index contributed by atoms with van der Waals surface area (Å²) < 4.78 is 64.3. The quantitative estimate of drug-likeness (QED) is 0.414. The topological polar surface area (TPSA) is 149 Å². The van der Waals surface area contributed by atoms with Crippen LogP contribution < -0.4 is 10.5 Å². The van der Waals surface area contributed by atoms with Crippen LogP contribution in [0.5, 0.6) is 11.8 Å². The van der Waals surface area contributed by atoms with E-state index in [1.165, 1.54) is 10.9 Å². The lowest BCUT2D eigenvalue weighted by Crippen LogP contribution is -2.33. The van der Waals surface area contributed by atoms with E-state index in [9.17, 15) is 32.9 Å². The molecule has 1 aliphatic rings. The second kappa shape index (κ2) is 8.12. The van der Waals surface area contributed by atoms with E-state index >= 15 is 0 Å². The van der Waals surface area contributed by atoms with Crippen molar-refractivity contribution in [3.8, 4) is 11.8 Å². The van der Waals surface area contributed by atoms with Gasteiger partial charge in [0.25, 0.3) is 0 Å². The number of aliphatic hydroxyl groups excluding tert-OH is 3. The van der Waals surface area contributed by atoms with Crippen LogP contribution in [0.4, 0.5) is 23.4 Å². The number of ether oxygens (including phenoxy) is 2. The van der Waals surface area contributed by atoms with Crippen LogP contribution in [0.2, 0.25) is 0 Å². The zero-order valence-corrected chi connectivity index (χ0v) is 16.1. The Hall–Kier alpha value is -3.07. The van der Waals surface area contributed by atoms with Gasteiger partial charge in [-0.1, -0.05) is 0 Å². The zero-order chi connectivity index (χ0) is 23.2. The van der Waals surface area contributed by atoms with Crippen molar-refractivity contribution < 1.29 is 42.4 Å². The number of rotatable bonds is 5. The van der Waals surface area contributed by atoms with Gasteiger partial charge in [0.2, 0.25) is 0 Å². The van der Waals surface area contributed by atoms with E-state index in [2.05, 4.69) is 15.0 Å². The van der Waals surface area contributed by atoms with Crippen LogP contribution in [0.15, 0.2) is 24.5 Å². The first kappa shape index (κ1) is 22.1. The maximum absolute atomic E-state index is 13.1. The first-order valence-electron chi connectivity index (χ1n) is 9.20. The predicted molar refractivity (Wildman–Crippen MR) is 99.1 cm³/mol. The molecule has 1 saturated heterocycles. The lowest BCUT2D eigenvalue weighted by molar-refractivity contribution is -0.137. The van der Waals surface area contributed by atoms with Crippen LogP contribution in [0.25, 0.3) is 11.2 Å². The molecule has 10 nitrogen and oxygen atoms in total. The highest BCUT2D eigenvalue weighted by Gasteiger charge is 2.44. The molecule has 2 aromatic heterocycles. The Bertz CT molecular complexity index is 1140. The molecule has 1 aromatic carbocycles. The SMILES string of the molecule is Nc1nc(Oc2cc(CF)cc(C(F)(F)F)c2)nc2c1ncn2[C@@H]1O[C@H](CO)[C@@H](O)[C@H]1O. The van der Waals surface area contributed by atoms with Gasteiger partial charge in [-0.25, -0.2) is 9.37 Å². The van der Waals surface area contributed by atoms with E-state index < -0.39 is 55.6 Å². The second-order valence-corrected chi connectivity index (χ2v) is 7.04. The molecular weight excluding hydrogens is 442 g/mol. The molecule has 3 aromatic rings. The van der Waals surface area contributed by atoms with Gasteiger partial charge >= 0.3 is 12.2 Å². The average Bonchev–Trinajstić information content (AvgIpc) is 3.28. The van der Waals surface area contributed by atoms with Crippen LogP contribution in [0, 0.1) is 0 Å². The number of hydrogen-bond acceptors (Lipinski definition) is 9. The van der Waals surface area contributed by atoms with Crippen LogP contribution in [-0.4, -0.2) is 59.8 Å². The minimum Gasteiger partial charge on any atom is -0.424 e. The van der Waals surface area contributed by atoms with Crippen LogP contribution >= 0.6 is 0 Å². The van der Waals surface area contributed by atoms with Gasteiger partial charge in [0.15, 0.2) is 23.2 Å². The Kier molecular flexibility index (Phi) is 5.62. The van der Waals surface area contributed by atoms with Crippen molar-refractivity contribution in [1.82, 2.24) is 19.5 Å². The fraction of sp³-hybridized carbons (Fsp3) is 0.389. The van der Waals surface area contributed by atoms with Crippen molar-refractivity contribution in [2.45, 2.75) is 37.4 Å². The fourth-order valence-corrected chi connectivity index (χ4v) is 3.33. The first-order chi connectivity index (χ1) is 15.1. The zero-order valence-electron chi connectivity index (χ0n) is 16.1. The van der Waals surface area contributed by atoms with Gasteiger partial charge in [0, 0.05) is 0 Å².